The first-order valence-corrected chi connectivity index (χ1v) is 7.82. The van der Waals surface area contributed by atoms with E-state index < -0.39 is 0 Å². The largest absolute Gasteiger partial charge is 0.310 e. The van der Waals surface area contributed by atoms with Crippen molar-refractivity contribution in [2.75, 3.05) is 6.54 Å². The summed E-state index contributed by atoms with van der Waals surface area (Å²) < 4.78 is 1.17. The molecule has 1 aromatic carbocycles. The lowest BCUT2D eigenvalue weighted by Crippen LogP contribution is -2.26. The second-order valence-electron chi connectivity index (χ2n) is 5.13. The van der Waals surface area contributed by atoms with Crippen LogP contribution in [0.2, 0.25) is 0 Å². The Morgan fingerprint density at radius 3 is 2.50 bits per heavy atom. The molecule has 1 aromatic heterocycles. The summed E-state index contributed by atoms with van der Waals surface area (Å²) >= 11 is 3.71. The smallest absolute Gasteiger partial charge is 0.0398 e. The first-order chi connectivity index (χ1) is 9.63. The zero-order valence-electron chi connectivity index (χ0n) is 12.2. The number of hydrogen-bond acceptors (Lipinski definition) is 2. The minimum atomic E-state index is 0.289. The van der Waals surface area contributed by atoms with E-state index in [-0.39, 0.29) is 6.04 Å². The molecule has 0 saturated heterocycles. The van der Waals surface area contributed by atoms with E-state index in [4.69, 9.17) is 0 Å². The summed E-state index contributed by atoms with van der Waals surface area (Å²) in [7, 11) is 0. The Morgan fingerprint density at radius 2 is 1.90 bits per heavy atom. The van der Waals surface area contributed by atoms with Gasteiger partial charge in [0, 0.05) is 28.8 Å². The van der Waals surface area contributed by atoms with Crippen LogP contribution in [0, 0.1) is 6.92 Å². The molecule has 2 unspecified atom stereocenters. The minimum Gasteiger partial charge on any atom is -0.310 e. The number of nitrogens with zero attached hydrogens (tertiary/aromatic N) is 1. The summed E-state index contributed by atoms with van der Waals surface area (Å²) in [5.74, 6) is 0.386. The Morgan fingerprint density at radius 1 is 1.20 bits per heavy atom. The fourth-order valence-electron chi connectivity index (χ4n) is 2.52. The third kappa shape index (κ3) is 3.47. The summed E-state index contributed by atoms with van der Waals surface area (Å²) in [6.45, 7) is 7.47. The fourth-order valence-corrected chi connectivity index (χ4v) is 3.26. The Labute approximate surface area is 129 Å². The molecule has 1 heterocycles. The van der Waals surface area contributed by atoms with E-state index in [2.05, 4.69) is 77.3 Å². The molecule has 2 atom stereocenters. The third-order valence-electron chi connectivity index (χ3n) is 3.65. The minimum absolute atomic E-state index is 0.289. The maximum Gasteiger partial charge on any atom is 0.0398 e. The standard InChI is InChI=1S/C17H21BrN2/c1-4-20-17(13(3)14-7-9-19-10-8-14)15-6-5-12(2)11-16(15)18/h5-11,13,17,20H,4H2,1-3H3. The van der Waals surface area contributed by atoms with E-state index in [1.807, 2.05) is 12.4 Å². The van der Waals surface area contributed by atoms with Crippen molar-refractivity contribution in [3.63, 3.8) is 0 Å². The SMILES string of the molecule is CCNC(c1ccc(C)cc1Br)C(C)c1ccncc1. The van der Waals surface area contributed by atoms with Gasteiger partial charge >= 0.3 is 0 Å². The molecule has 2 nitrogen and oxygen atoms in total. The van der Waals surface area contributed by atoms with Crippen LogP contribution in [0.3, 0.4) is 0 Å². The molecule has 0 spiro atoms. The lowest BCUT2D eigenvalue weighted by atomic mass is 9.88. The monoisotopic (exact) mass is 332 g/mol. The van der Waals surface area contributed by atoms with Crippen LogP contribution >= 0.6 is 15.9 Å². The van der Waals surface area contributed by atoms with Crippen molar-refractivity contribution in [1.82, 2.24) is 10.3 Å². The zero-order chi connectivity index (χ0) is 14.5. The van der Waals surface area contributed by atoms with Crippen molar-refractivity contribution in [3.05, 3.63) is 63.9 Å². The molecule has 0 bridgehead atoms. The predicted octanol–water partition coefficient (Wildman–Crippen LogP) is 4.61. The Balaban J connectivity index is 2.35. The second kappa shape index (κ2) is 7.00. The lowest BCUT2D eigenvalue weighted by molar-refractivity contribution is 0.477. The van der Waals surface area contributed by atoms with E-state index in [1.54, 1.807) is 0 Å². The summed E-state index contributed by atoms with van der Waals surface area (Å²) in [5.41, 5.74) is 3.88. The third-order valence-corrected chi connectivity index (χ3v) is 4.33. The van der Waals surface area contributed by atoms with Crippen LogP contribution in [0.15, 0.2) is 47.2 Å². The summed E-state index contributed by atoms with van der Waals surface area (Å²) in [4.78, 5) is 4.11. The summed E-state index contributed by atoms with van der Waals surface area (Å²) in [5, 5.41) is 3.61. The van der Waals surface area contributed by atoms with E-state index in [1.165, 1.54) is 21.2 Å². The van der Waals surface area contributed by atoms with Gasteiger partial charge in [-0.3, -0.25) is 4.98 Å². The van der Waals surface area contributed by atoms with Gasteiger partial charge in [-0.05, 0) is 48.4 Å². The zero-order valence-corrected chi connectivity index (χ0v) is 13.8. The molecule has 2 aromatic rings. The van der Waals surface area contributed by atoms with Crippen LogP contribution in [-0.2, 0) is 0 Å². The van der Waals surface area contributed by atoms with Crippen LogP contribution in [0.5, 0.6) is 0 Å². The molecule has 20 heavy (non-hydrogen) atoms. The highest BCUT2D eigenvalue weighted by Gasteiger charge is 2.21. The highest BCUT2D eigenvalue weighted by Crippen LogP contribution is 2.34. The molecule has 0 aliphatic carbocycles. The molecule has 0 aliphatic heterocycles. The molecule has 106 valence electrons. The molecule has 0 radical (unpaired) electrons. The summed E-state index contributed by atoms with van der Waals surface area (Å²) in [6.07, 6.45) is 3.72. The van der Waals surface area contributed by atoms with Gasteiger partial charge in [0.1, 0.15) is 0 Å². The topological polar surface area (TPSA) is 24.9 Å². The van der Waals surface area contributed by atoms with Crippen LogP contribution in [0.1, 0.15) is 42.5 Å². The van der Waals surface area contributed by atoms with Crippen molar-refractivity contribution in [2.45, 2.75) is 32.7 Å². The average Bonchev–Trinajstić information content (AvgIpc) is 2.46. The number of aryl methyl sites for hydroxylation is 1. The maximum atomic E-state index is 4.11. The fraction of sp³-hybridized carbons (Fsp3) is 0.353. The first kappa shape index (κ1) is 15.2. The maximum absolute atomic E-state index is 4.11. The average molecular weight is 333 g/mol. The number of likely N-dealkylation sites (N-methyl/N-ethyl adjacent to an activating group) is 1. The molecule has 0 aliphatic rings. The number of nitrogens with one attached hydrogen (secondary N) is 1. The van der Waals surface area contributed by atoms with Crippen molar-refractivity contribution >= 4 is 15.9 Å². The van der Waals surface area contributed by atoms with E-state index in [9.17, 15) is 0 Å². The molecule has 1 N–H and O–H groups in total. The Bertz CT molecular complexity index is 554. The number of rotatable bonds is 5. The molecular weight excluding hydrogens is 312 g/mol. The van der Waals surface area contributed by atoms with E-state index in [0.717, 1.165) is 6.54 Å². The number of pyridine rings is 1. The molecular formula is C17H21BrN2. The number of hydrogen-bond donors (Lipinski definition) is 1. The van der Waals surface area contributed by atoms with Crippen molar-refractivity contribution in [2.24, 2.45) is 0 Å². The van der Waals surface area contributed by atoms with E-state index in [0.29, 0.717) is 5.92 Å². The number of halogens is 1. The van der Waals surface area contributed by atoms with Gasteiger partial charge in [-0.1, -0.05) is 41.9 Å². The van der Waals surface area contributed by atoms with Crippen LogP contribution in [-0.4, -0.2) is 11.5 Å². The van der Waals surface area contributed by atoms with Gasteiger partial charge in [-0.15, -0.1) is 0 Å². The first-order valence-electron chi connectivity index (χ1n) is 7.02. The van der Waals surface area contributed by atoms with Crippen molar-refractivity contribution in [3.8, 4) is 0 Å². The van der Waals surface area contributed by atoms with E-state index >= 15 is 0 Å². The second-order valence-corrected chi connectivity index (χ2v) is 5.98. The van der Waals surface area contributed by atoms with Crippen LogP contribution in [0.25, 0.3) is 0 Å². The Hall–Kier alpha value is -1.19. The highest BCUT2D eigenvalue weighted by atomic mass is 79.9. The summed E-state index contributed by atoms with van der Waals surface area (Å²) in [6, 6.07) is 11.0. The van der Waals surface area contributed by atoms with Crippen LogP contribution in [0.4, 0.5) is 0 Å². The highest BCUT2D eigenvalue weighted by molar-refractivity contribution is 9.10. The van der Waals surface area contributed by atoms with Gasteiger partial charge in [0.15, 0.2) is 0 Å². The molecule has 0 amide bonds. The van der Waals surface area contributed by atoms with Crippen molar-refractivity contribution in [1.29, 1.82) is 0 Å². The molecule has 0 saturated carbocycles. The molecule has 0 fully saturated rings. The number of benzene rings is 1. The Kier molecular flexibility index (Phi) is 5.32. The van der Waals surface area contributed by atoms with Gasteiger partial charge in [-0.2, -0.15) is 0 Å². The van der Waals surface area contributed by atoms with Gasteiger partial charge in [-0.25, -0.2) is 0 Å². The number of aromatic nitrogens is 1. The van der Waals surface area contributed by atoms with Crippen molar-refractivity contribution < 1.29 is 0 Å². The van der Waals surface area contributed by atoms with Gasteiger partial charge < -0.3 is 5.32 Å². The normalized spacial score (nSPS) is 14.0. The molecule has 2 rings (SSSR count). The van der Waals surface area contributed by atoms with Gasteiger partial charge in [0.25, 0.3) is 0 Å². The van der Waals surface area contributed by atoms with Crippen LogP contribution < -0.4 is 5.32 Å². The lowest BCUT2D eigenvalue weighted by Gasteiger charge is -2.27. The van der Waals surface area contributed by atoms with Gasteiger partial charge in [0.05, 0.1) is 0 Å². The molecule has 3 heteroatoms. The predicted molar refractivity (Wildman–Crippen MR) is 87.9 cm³/mol. The quantitative estimate of drug-likeness (QED) is 0.864. The van der Waals surface area contributed by atoms with Gasteiger partial charge in [0.2, 0.25) is 0 Å².